The van der Waals surface area contributed by atoms with Gasteiger partial charge < -0.3 is 0 Å². The van der Waals surface area contributed by atoms with Crippen LogP contribution in [-0.2, 0) is 11.0 Å². The Morgan fingerprint density at radius 2 is 1.80 bits per heavy atom. The zero-order valence-corrected chi connectivity index (χ0v) is 9.84. The van der Waals surface area contributed by atoms with Crippen LogP contribution in [0.4, 0.5) is 4.39 Å². The summed E-state index contributed by atoms with van der Waals surface area (Å²) in [5.74, 6) is -0.288. The van der Waals surface area contributed by atoms with Crippen molar-refractivity contribution in [2.24, 2.45) is 4.40 Å². The number of rotatable bonds is 2. The molecule has 0 N–H and O–H groups in total. The van der Waals surface area contributed by atoms with Crippen LogP contribution in [0.2, 0.25) is 0 Å². The van der Waals surface area contributed by atoms with E-state index in [1.807, 2.05) is 20.8 Å². The minimum absolute atomic E-state index is 0.288. The Morgan fingerprint density at radius 3 is 2.27 bits per heavy atom. The third-order valence-corrected chi connectivity index (χ3v) is 3.04. The van der Waals surface area contributed by atoms with Crippen molar-refractivity contribution in [1.29, 1.82) is 0 Å². The first-order valence-electron chi connectivity index (χ1n) is 4.61. The number of hydrogen-bond donors (Lipinski definition) is 0. The van der Waals surface area contributed by atoms with Crippen LogP contribution >= 0.6 is 0 Å². The Labute approximate surface area is 91.8 Å². The molecule has 0 amide bonds. The largest absolute Gasteiger partial charge is 0.234 e. The second kappa shape index (κ2) is 4.66. The lowest BCUT2D eigenvalue weighted by Crippen LogP contribution is -2.19. The molecular formula is C11H14FNOS. The first-order chi connectivity index (χ1) is 6.89. The van der Waals surface area contributed by atoms with E-state index in [0.717, 1.165) is 5.56 Å². The molecule has 0 bridgehead atoms. The Hall–Kier alpha value is -1.03. The van der Waals surface area contributed by atoms with Gasteiger partial charge in [0.05, 0.1) is 4.75 Å². The maximum absolute atomic E-state index is 12.6. The van der Waals surface area contributed by atoms with Gasteiger partial charge in [-0.05, 0) is 38.5 Å². The fraction of sp³-hybridized carbons (Fsp3) is 0.364. The highest BCUT2D eigenvalue weighted by Crippen LogP contribution is 2.12. The lowest BCUT2D eigenvalue weighted by atomic mass is 10.2. The molecule has 1 rings (SSSR count). The molecule has 2 nitrogen and oxygen atoms in total. The second-order valence-corrected chi connectivity index (χ2v) is 6.08. The van der Waals surface area contributed by atoms with Gasteiger partial charge in [-0.25, -0.2) is 8.60 Å². The highest BCUT2D eigenvalue weighted by atomic mass is 32.2. The molecule has 0 heterocycles. The van der Waals surface area contributed by atoms with Crippen LogP contribution in [0.1, 0.15) is 26.3 Å². The fourth-order valence-electron chi connectivity index (χ4n) is 0.816. The minimum Gasteiger partial charge on any atom is -0.234 e. The summed E-state index contributed by atoms with van der Waals surface area (Å²) in [5, 5.41) is 0. The van der Waals surface area contributed by atoms with Gasteiger partial charge in [0, 0.05) is 6.21 Å². The van der Waals surface area contributed by atoms with Gasteiger partial charge in [0.25, 0.3) is 0 Å². The van der Waals surface area contributed by atoms with E-state index in [0.29, 0.717) is 0 Å². The van der Waals surface area contributed by atoms with Gasteiger partial charge >= 0.3 is 0 Å². The van der Waals surface area contributed by atoms with Crippen molar-refractivity contribution in [1.82, 2.24) is 0 Å². The summed E-state index contributed by atoms with van der Waals surface area (Å²) < 4.78 is 27.7. The second-order valence-electron chi connectivity index (χ2n) is 4.15. The zero-order chi connectivity index (χ0) is 11.5. The van der Waals surface area contributed by atoms with Crippen LogP contribution in [0.3, 0.4) is 0 Å². The SMILES string of the molecule is CC(C)(C)[S@@](=O)/N=C\c1ccc(F)cc1. The molecule has 0 aromatic heterocycles. The predicted molar refractivity (Wildman–Crippen MR) is 61.9 cm³/mol. The van der Waals surface area contributed by atoms with Gasteiger partial charge in [0.1, 0.15) is 16.8 Å². The highest BCUT2D eigenvalue weighted by molar-refractivity contribution is 7.85. The van der Waals surface area contributed by atoms with Gasteiger partial charge in [-0.2, -0.15) is 4.40 Å². The molecule has 1 atom stereocenters. The van der Waals surface area contributed by atoms with Gasteiger partial charge in [-0.1, -0.05) is 12.1 Å². The number of halogens is 1. The van der Waals surface area contributed by atoms with E-state index in [2.05, 4.69) is 4.40 Å². The van der Waals surface area contributed by atoms with E-state index in [4.69, 9.17) is 0 Å². The third kappa shape index (κ3) is 3.91. The minimum atomic E-state index is -1.27. The average molecular weight is 227 g/mol. The maximum Gasteiger partial charge on any atom is 0.144 e. The summed E-state index contributed by atoms with van der Waals surface area (Å²) in [6, 6.07) is 5.89. The van der Waals surface area contributed by atoms with Crippen LogP contribution in [0.15, 0.2) is 28.7 Å². The smallest absolute Gasteiger partial charge is 0.144 e. The van der Waals surface area contributed by atoms with Crippen molar-refractivity contribution in [3.05, 3.63) is 35.6 Å². The van der Waals surface area contributed by atoms with Gasteiger partial charge in [-0.15, -0.1) is 0 Å². The van der Waals surface area contributed by atoms with Crippen molar-refractivity contribution in [2.75, 3.05) is 0 Å². The molecule has 4 heteroatoms. The van der Waals surface area contributed by atoms with E-state index >= 15 is 0 Å². The van der Waals surface area contributed by atoms with Crippen LogP contribution in [0.5, 0.6) is 0 Å². The summed E-state index contributed by atoms with van der Waals surface area (Å²) in [6.07, 6.45) is 1.50. The van der Waals surface area contributed by atoms with E-state index in [9.17, 15) is 8.60 Å². The molecule has 0 spiro atoms. The lowest BCUT2D eigenvalue weighted by Gasteiger charge is -2.12. The molecule has 0 aliphatic rings. The monoisotopic (exact) mass is 227 g/mol. The highest BCUT2D eigenvalue weighted by Gasteiger charge is 2.17. The van der Waals surface area contributed by atoms with E-state index in [-0.39, 0.29) is 10.6 Å². The van der Waals surface area contributed by atoms with Gasteiger partial charge in [0.2, 0.25) is 0 Å². The number of benzene rings is 1. The van der Waals surface area contributed by atoms with Gasteiger partial charge in [0.15, 0.2) is 0 Å². The van der Waals surface area contributed by atoms with Crippen molar-refractivity contribution in [3.8, 4) is 0 Å². The Morgan fingerprint density at radius 1 is 1.27 bits per heavy atom. The summed E-state index contributed by atoms with van der Waals surface area (Å²) >= 11 is 0. The van der Waals surface area contributed by atoms with Crippen LogP contribution < -0.4 is 0 Å². The predicted octanol–water partition coefficient (Wildman–Crippen LogP) is 2.71. The van der Waals surface area contributed by atoms with Crippen LogP contribution in [-0.4, -0.2) is 15.2 Å². The quantitative estimate of drug-likeness (QED) is 0.714. The molecule has 0 fully saturated rings. The summed E-state index contributed by atoms with van der Waals surface area (Å²) in [4.78, 5) is 0. The lowest BCUT2D eigenvalue weighted by molar-refractivity contribution is 0.628. The molecule has 82 valence electrons. The number of hydrogen-bond acceptors (Lipinski definition) is 1. The first-order valence-corrected chi connectivity index (χ1v) is 5.72. The molecule has 15 heavy (non-hydrogen) atoms. The molecule has 0 aliphatic carbocycles. The Balaban J connectivity index is 2.74. The normalized spacial score (nSPS) is 14.4. The van der Waals surface area contributed by atoms with E-state index in [1.165, 1.54) is 18.3 Å². The number of nitrogens with zero attached hydrogens (tertiary/aromatic N) is 1. The molecule has 0 aliphatic heterocycles. The topological polar surface area (TPSA) is 29.4 Å². The molecule has 1 aromatic rings. The Kier molecular flexibility index (Phi) is 3.74. The summed E-state index contributed by atoms with van der Waals surface area (Å²) in [5.41, 5.74) is 0.744. The van der Waals surface area contributed by atoms with Crippen molar-refractivity contribution >= 4 is 17.2 Å². The molecule has 0 unspecified atom stereocenters. The van der Waals surface area contributed by atoms with Crippen LogP contribution in [0, 0.1) is 5.82 Å². The van der Waals surface area contributed by atoms with Gasteiger partial charge in [-0.3, -0.25) is 0 Å². The molecule has 0 saturated carbocycles. The Bertz CT molecular complexity index is 379. The molecule has 0 saturated heterocycles. The summed E-state index contributed by atoms with van der Waals surface area (Å²) in [7, 11) is -1.27. The average Bonchev–Trinajstić information content (AvgIpc) is 2.15. The molecular weight excluding hydrogens is 213 g/mol. The molecule has 1 aromatic carbocycles. The van der Waals surface area contributed by atoms with E-state index in [1.54, 1.807) is 12.1 Å². The molecule has 0 radical (unpaired) electrons. The van der Waals surface area contributed by atoms with Crippen LogP contribution in [0.25, 0.3) is 0 Å². The third-order valence-electron chi connectivity index (χ3n) is 1.69. The maximum atomic E-state index is 12.6. The fourth-order valence-corrected chi connectivity index (χ4v) is 1.35. The van der Waals surface area contributed by atoms with Crippen molar-refractivity contribution < 1.29 is 8.60 Å². The standard InChI is InChI=1S/C11H14FNOS/c1-11(2,3)15(14)13-8-9-4-6-10(12)7-5-9/h4-8H,1-3H3/b13-8-/t15-/m1/s1. The van der Waals surface area contributed by atoms with E-state index < -0.39 is 11.0 Å². The summed E-state index contributed by atoms with van der Waals surface area (Å²) in [6.45, 7) is 5.56. The zero-order valence-electron chi connectivity index (χ0n) is 9.03. The first kappa shape index (κ1) is 12.0. The van der Waals surface area contributed by atoms with Crippen molar-refractivity contribution in [2.45, 2.75) is 25.5 Å². The van der Waals surface area contributed by atoms with Crippen molar-refractivity contribution in [3.63, 3.8) is 0 Å².